The first-order valence-electron chi connectivity index (χ1n) is 11.0. The first kappa shape index (κ1) is 20.1. The Bertz CT molecular complexity index is 871. The predicted octanol–water partition coefficient (Wildman–Crippen LogP) is 1.95. The van der Waals surface area contributed by atoms with E-state index in [0.29, 0.717) is 19.4 Å². The van der Waals surface area contributed by atoms with E-state index in [4.69, 9.17) is 20.9 Å². The van der Waals surface area contributed by atoms with Gasteiger partial charge in [-0.25, -0.2) is 0 Å². The van der Waals surface area contributed by atoms with Gasteiger partial charge in [-0.1, -0.05) is 24.3 Å². The molecule has 4 heterocycles. The van der Waals surface area contributed by atoms with Crippen molar-refractivity contribution in [1.82, 2.24) is 0 Å². The second-order valence-corrected chi connectivity index (χ2v) is 9.44. The number of carbonyl (C=O) groups is 1. The number of fused-ring (bicyclic) bond motifs is 3. The van der Waals surface area contributed by atoms with Crippen LogP contribution in [0.4, 0.5) is 0 Å². The van der Waals surface area contributed by atoms with Gasteiger partial charge in [0.15, 0.2) is 11.6 Å². The summed E-state index contributed by atoms with van der Waals surface area (Å²) in [7, 11) is 0. The van der Waals surface area contributed by atoms with E-state index in [-0.39, 0.29) is 36.6 Å². The summed E-state index contributed by atoms with van der Waals surface area (Å²) in [6.45, 7) is 4.54. The molecule has 0 aromatic rings. The number of hydrogen-bond acceptors (Lipinski definition) is 6. The van der Waals surface area contributed by atoms with Crippen LogP contribution >= 0.6 is 0 Å². The number of carbonyl (C=O) groups excluding carboxylic acids is 1. The molecule has 30 heavy (non-hydrogen) atoms. The Labute approximate surface area is 177 Å². The molecule has 0 radical (unpaired) electrons. The largest absolute Gasteiger partial charge is 0.387 e. The molecule has 0 saturated carbocycles. The van der Waals surface area contributed by atoms with Gasteiger partial charge in [0.2, 0.25) is 0 Å². The number of hydrogen-bond donors (Lipinski definition) is 2. The minimum absolute atomic E-state index is 0.164. The van der Waals surface area contributed by atoms with Gasteiger partial charge < -0.3 is 19.7 Å². The van der Waals surface area contributed by atoms with Gasteiger partial charge in [0.1, 0.15) is 12.2 Å². The Balaban J connectivity index is 1.67. The van der Waals surface area contributed by atoms with E-state index in [1.54, 1.807) is 0 Å². The van der Waals surface area contributed by atoms with Crippen LogP contribution in [-0.2, 0) is 14.3 Å². The first-order chi connectivity index (χ1) is 14.4. The Hall–Kier alpha value is -1.78. The highest BCUT2D eigenvalue weighted by molar-refractivity contribution is 5.98. The van der Waals surface area contributed by atoms with Crippen LogP contribution in [0, 0.1) is 29.6 Å². The number of rotatable bonds is 1. The van der Waals surface area contributed by atoms with Crippen LogP contribution in [0.3, 0.4) is 0 Å². The SMILES string of the molecule is C#C[C@H]1C[C@@H](O)C(=O)[C@H]2O[C@]3(CC[C@@H]1O3)C[C@H](O)C1=NCC[C@@]13CCC(C=C)=C[C@H]23. The molecule has 0 aromatic heterocycles. The topological polar surface area (TPSA) is 88.4 Å². The lowest BCUT2D eigenvalue weighted by molar-refractivity contribution is -0.267. The Morgan fingerprint density at radius 2 is 2.10 bits per heavy atom. The highest BCUT2D eigenvalue weighted by Crippen LogP contribution is 2.54. The van der Waals surface area contributed by atoms with Crippen LogP contribution in [0.5, 0.6) is 0 Å². The maximum atomic E-state index is 13.5. The standard InChI is InChI=1S/C24H29NO5/c1-3-14-5-7-23-9-10-25-22(23)18(27)13-24-8-6-19(29-24)15(4-2)12-17(26)20(28)21(30-24)16(23)11-14/h2-3,11,15-19,21,26-27H,1,5-10,12-13H2/t15-,16+,17+,18-,19-,21-,23+,24+/m0/s1. The second kappa shape index (κ2) is 7.13. The molecule has 0 aromatic carbocycles. The molecule has 2 spiro atoms. The monoisotopic (exact) mass is 411 g/mol. The Kier molecular flexibility index (Phi) is 4.79. The third kappa shape index (κ3) is 2.87. The maximum absolute atomic E-state index is 13.5. The molecular formula is C24H29NO5. The van der Waals surface area contributed by atoms with E-state index in [1.807, 2.05) is 6.08 Å². The van der Waals surface area contributed by atoms with Gasteiger partial charge in [0, 0.05) is 42.3 Å². The highest BCUT2D eigenvalue weighted by atomic mass is 16.7. The van der Waals surface area contributed by atoms with Gasteiger partial charge in [-0.3, -0.25) is 9.79 Å². The van der Waals surface area contributed by atoms with Crippen molar-refractivity contribution in [3.8, 4) is 12.3 Å². The van der Waals surface area contributed by atoms with Gasteiger partial charge in [0.25, 0.3) is 0 Å². The van der Waals surface area contributed by atoms with Gasteiger partial charge in [-0.05, 0) is 32.1 Å². The van der Waals surface area contributed by atoms with Crippen molar-refractivity contribution in [2.45, 2.75) is 75.1 Å². The Morgan fingerprint density at radius 3 is 2.87 bits per heavy atom. The molecule has 0 unspecified atom stereocenters. The fraction of sp³-hybridized carbons (Fsp3) is 0.667. The summed E-state index contributed by atoms with van der Waals surface area (Å²) in [5.74, 6) is 0.553. The summed E-state index contributed by atoms with van der Waals surface area (Å²) in [5.41, 5.74) is 1.38. The molecule has 6 nitrogen and oxygen atoms in total. The van der Waals surface area contributed by atoms with Crippen LogP contribution in [-0.4, -0.2) is 58.5 Å². The fourth-order valence-corrected chi connectivity index (χ4v) is 6.37. The molecule has 3 bridgehead atoms. The predicted molar refractivity (Wildman–Crippen MR) is 111 cm³/mol. The quantitative estimate of drug-likeness (QED) is 0.644. The number of ketones is 1. The number of allylic oxidation sites excluding steroid dienone is 2. The van der Waals surface area contributed by atoms with Crippen LogP contribution in [0.25, 0.3) is 0 Å². The number of Topliss-reactive ketones (excluding diaryl/α,β-unsaturated/α-hetero) is 1. The van der Waals surface area contributed by atoms with E-state index in [0.717, 1.165) is 30.5 Å². The summed E-state index contributed by atoms with van der Waals surface area (Å²) in [4.78, 5) is 18.2. The molecule has 160 valence electrons. The average Bonchev–Trinajstić information content (AvgIpc) is 3.35. The van der Waals surface area contributed by atoms with E-state index >= 15 is 0 Å². The minimum atomic E-state index is -1.21. The zero-order chi connectivity index (χ0) is 21.1. The smallest absolute Gasteiger partial charge is 0.190 e. The molecular weight excluding hydrogens is 382 g/mol. The van der Waals surface area contributed by atoms with Crippen LogP contribution in [0.15, 0.2) is 29.3 Å². The van der Waals surface area contributed by atoms with Crippen molar-refractivity contribution in [3.05, 3.63) is 24.3 Å². The minimum Gasteiger partial charge on any atom is -0.387 e. The molecule has 2 N–H and O–H groups in total. The van der Waals surface area contributed by atoms with Gasteiger partial charge in [-0.15, -0.1) is 12.3 Å². The number of aliphatic hydroxyl groups is 2. The number of ether oxygens (including phenoxy) is 2. The number of terminal acetylenes is 1. The zero-order valence-electron chi connectivity index (χ0n) is 17.1. The Morgan fingerprint density at radius 1 is 1.27 bits per heavy atom. The third-order valence-corrected chi connectivity index (χ3v) is 7.92. The molecule has 1 aliphatic carbocycles. The molecule has 5 rings (SSSR count). The summed E-state index contributed by atoms with van der Waals surface area (Å²) in [6.07, 6.45) is 10.4. The lowest BCUT2D eigenvalue weighted by Crippen LogP contribution is -2.58. The summed E-state index contributed by atoms with van der Waals surface area (Å²) < 4.78 is 12.8. The lowest BCUT2D eigenvalue weighted by Gasteiger charge is -2.49. The molecule has 5 aliphatic rings. The van der Waals surface area contributed by atoms with Gasteiger partial charge in [0.05, 0.1) is 12.2 Å². The van der Waals surface area contributed by atoms with E-state index < -0.39 is 29.5 Å². The molecule has 4 aliphatic heterocycles. The van der Waals surface area contributed by atoms with Crippen molar-refractivity contribution in [3.63, 3.8) is 0 Å². The van der Waals surface area contributed by atoms with Crippen molar-refractivity contribution in [1.29, 1.82) is 0 Å². The zero-order valence-corrected chi connectivity index (χ0v) is 17.1. The normalized spacial score (nSPS) is 47.8. The van der Waals surface area contributed by atoms with Gasteiger partial charge in [-0.2, -0.15) is 0 Å². The van der Waals surface area contributed by atoms with Crippen molar-refractivity contribution < 1.29 is 24.5 Å². The third-order valence-electron chi connectivity index (χ3n) is 7.92. The summed E-state index contributed by atoms with van der Waals surface area (Å²) in [6, 6.07) is 0. The van der Waals surface area contributed by atoms with Crippen LogP contribution in [0.2, 0.25) is 0 Å². The van der Waals surface area contributed by atoms with E-state index in [2.05, 4.69) is 18.6 Å². The number of nitrogens with zero attached hydrogens (tertiary/aromatic N) is 1. The molecule has 3 fully saturated rings. The fourth-order valence-electron chi connectivity index (χ4n) is 6.37. The molecule has 8 atom stereocenters. The van der Waals surface area contributed by atoms with Crippen molar-refractivity contribution >= 4 is 11.5 Å². The summed E-state index contributed by atoms with van der Waals surface area (Å²) in [5, 5.41) is 22.0. The molecule has 0 amide bonds. The first-order valence-corrected chi connectivity index (χ1v) is 11.0. The highest BCUT2D eigenvalue weighted by Gasteiger charge is 2.60. The maximum Gasteiger partial charge on any atom is 0.190 e. The lowest BCUT2D eigenvalue weighted by atomic mass is 9.59. The van der Waals surface area contributed by atoms with Crippen LogP contribution < -0.4 is 0 Å². The number of aliphatic hydroxyl groups excluding tert-OH is 2. The average molecular weight is 411 g/mol. The summed E-state index contributed by atoms with van der Waals surface area (Å²) >= 11 is 0. The molecule has 3 saturated heterocycles. The van der Waals surface area contributed by atoms with Crippen LogP contribution in [0.1, 0.15) is 44.9 Å². The van der Waals surface area contributed by atoms with Gasteiger partial charge >= 0.3 is 0 Å². The van der Waals surface area contributed by atoms with Crippen molar-refractivity contribution in [2.75, 3.05) is 6.54 Å². The van der Waals surface area contributed by atoms with E-state index in [1.165, 1.54) is 0 Å². The number of aliphatic imine (C=N–C) groups is 1. The molecule has 6 heteroatoms. The van der Waals surface area contributed by atoms with E-state index in [9.17, 15) is 15.0 Å². The van der Waals surface area contributed by atoms with Crippen molar-refractivity contribution in [2.24, 2.45) is 22.2 Å². The second-order valence-electron chi connectivity index (χ2n) is 9.44.